The Bertz CT molecular complexity index is 482. The molecule has 2 rings (SSSR count). The van der Waals surface area contributed by atoms with E-state index < -0.39 is 0 Å². The molecule has 2 aromatic rings. The monoisotopic (exact) mass is 271 g/mol. The maximum atomic E-state index is 11.7. The van der Waals surface area contributed by atoms with E-state index in [1.165, 1.54) is 11.3 Å². The van der Waals surface area contributed by atoms with Crippen LogP contribution >= 0.6 is 22.9 Å². The Morgan fingerprint density at radius 2 is 2.18 bits per heavy atom. The number of anilines is 2. The lowest BCUT2D eigenvalue weighted by molar-refractivity contribution is 0.102. The lowest BCUT2D eigenvalue weighted by atomic mass is 10.5. The molecule has 0 aliphatic rings. The van der Waals surface area contributed by atoms with Gasteiger partial charge in [-0.15, -0.1) is 10.2 Å². The van der Waals surface area contributed by atoms with Crippen LogP contribution in [0.2, 0.25) is 0 Å². The molecule has 8 nitrogen and oxygen atoms in total. The Hall–Kier alpha value is -1.68. The number of amides is 1. The van der Waals surface area contributed by atoms with Crippen LogP contribution in [0.1, 0.15) is 23.1 Å². The molecule has 0 bridgehead atoms. The summed E-state index contributed by atoms with van der Waals surface area (Å²) in [6.45, 7) is 2.85. The van der Waals surface area contributed by atoms with Crippen LogP contribution in [0.25, 0.3) is 0 Å². The lowest BCUT2D eigenvalue weighted by Crippen LogP contribution is -2.11. The van der Waals surface area contributed by atoms with Crippen LogP contribution in [0.5, 0.6) is 0 Å². The van der Waals surface area contributed by atoms with Crippen LogP contribution in [0.15, 0.2) is 0 Å². The third-order valence-electron chi connectivity index (χ3n) is 1.67. The number of carbonyl (C=O) groups is 1. The highest BCUT2D eigenvalue weighted by Crippen LogP contribution is 2.16. The fraction of sp³-hybridized carbons (Fsp3) is 0.429. The smallest absolute Gasteiger partial charge is 0.288 e. The Labute approximate surface area is 105 Å². The first-order valence-electron chi connectivity index (χ1n) is 4.83. The summed E-state index contributed by atoms with van der Waals surface area (Å²) in [6.07, 6.45) is 0.984. The number of nitrogens with zero attached hydrogens (tertiary/aromatic N) is 5. The van der Waals surface area contributed by atoms with E-state index >= 15 is 0 Å². The molecule has 2 heterocycles. The summed E-state index contributed by atoms with van der Waals surface area (Å²) < 4.78 is 3.54. The topological polar surface area (TPSA) is 106 Å². The van der Waals surface area contributed by atoms with Gasteiger partial charge < -0.3 is 5.32 Å². The molecule has 0 fully saturated rings. The first-order chi connectivity index (χ1) is 8.29. The summed E-state index contributed by atoms with van der Waals surface area (Å²) in [6, 6.07) is 0. The van der Waals surface area contributed by atoms with Crippen molar-refractivity contribution in [2.45, 2.75) is 13.3 Å². The highest BCUT2D eigenvalue weighted by atomic mass is 32.1. The third kappa shape index (κ3) is 3.14. The standard InChI is InChI=1S/C7H9N7OS2/c1-2-3-8-6-11-10-5(16-6)4(15)9-7-12-13-14-17-7/h2-3H2,1H3,(H,8,11)(H,9,12,14,15). The minimum absolute atomic E-state index is 0.277. The van der Waals surface area contributed by atoms with Gasteiger partial charge in [0.25, 0.3) is 5.91 Å². The van der Waals surface area contributed by atoms with E-state index in [9.17, 15) is 4.79 Å². The summed E-state index contributed by atoms with van der Waals surface area (Å²) in [7, 11) is 0. The van der Waals surface area contributed by atoms with Crippen LogP contribution in [0.3, 0.4) is 0 Å². The van der Waals surface area contributed by atoms with Crippen molar-refractivity contribution >= 4 is 39.0 Å². The van der Waals surface area contributed by atoms with E-state index in [0.717, 1.165) is 24.5 Å². The van der Waals surface area contributed by atoms with Crippen LogP contribution in [-0.4, -0.2) is 37.4 Å². The van der Waals surface area contributed by atoms with Gasteiger partial charge in [0.05, 0.1) is 0 Å². The molecule has 17 heavy (non-hydrogen) atoms. The Morgan fingerprint density at radius 3 is 2.88 bits per heavy atom. The number of nitrogens with one attached hydrogen (secondary N) is 2. The van der Waals surface area contributed by atoms with Crippen molar-refractivity contribution in [3.63, 3.8) is 0 Å². The van der Waals surface area contributed by atoms with Crippen LogP contribution in [-0.2, 0) is 0 Å². The van der Waals surface area contributed by atoms with Gasteiger partial charge >= 0.3 is 0 Å². The second-order valence-corrected chi connectivity index (χ2v) is 4.67. The van der Waals surface area contributed by atoms with Crippen molar-refractivity contribution in [3.8, 4) is 0 Å². The molecule has 0 unspecified atom stereocenters. The van der Waals surface area contributed by atoms with Gasteiger partial charge in [0.2, 0.25) is 15.3 Å². The van der Waals surface area contributed by atoms with Crippen molar-refractivity contribution in [1.29, 1.82) is 0 Å². The second kappa shape index (κ2) is 5.59. The van der Waals surface area contributed by atoms with Crippen molar-refractivity contribution in [2.24, 2.45) is 0 Å². The highest BCUT2D eigenvalue weighted by molar-refractivity contribution is 7.17. The maximum Gasteiger partial charge on any atom is 0.288 e. The fourth-order valence-electron chi connectivity index (χ4n) is 0.951. The first kappa shape index (κ1) is 11.8. The van der Waals surface area contributed by atoms with Crippen LogP contribution in [0.4, 0.5) is 10.3 Å². The molecule has 0 aliphatic carbocycles. The Morgan fingerprint density at radius 1 is 1.29 bits per heavy atom. The molecule has 0 radical (unpaired) electrons. The molecule has 0 aromatic carbocycles. The average Bonchev–Trinajstić information content (AvgIpc) is 2.96. The molecule has 1 amide bonds. The van der Waals surface area contributed by atoms with E-state index in [-0.39, 0.29) is 10.9 Å². The number of aromatic nitrogens is 5. The molecule has 0 aliphatic heterocycles. The van der Waals surface area contributed by atoms with Crippen LogP contribution in [0, 0.1) is 0 Å². The number of hydrogen-bond acceptors (Lipinski definition) is 9. The predicted molar refractivity (Wildman–Crippen MR) is 64.3 cm³/mol. The molecule has 0 saturated heterocycles. The van der Waals surface area contributed by atoms with Gasteiger partial charge in [-0.05, 0) is 11.6 Å². The first-order valence-corrected chi connectivity index (χ1v) is 6.42. The van der Waals surface area contributed by atoms with E-state index in [1.54, 1.807) is 0 Å². The van der Waals surface area contributed by atoms with E-state index in [1.807, 2.05) is 6.92 Å². The molecule has 10 heteroatoms. The normalized spacial score (nSPS) is 10.2. The van der Waals surface area contributed by atoms with Gasteiger partial charge in [-0.25, -0.2) is 0 Å². The lowest BCUT2D eigenvalue weighted by Gasteiger charge is -1.95. The van der Waals surface area contributed by atoms with Crippen LogP contribution < -0.4 is 10.6 Å². The molecule has 0 saturated carbocycles. The minimum atomic E-state index is -0.356. The number of hydrogen-bond donors (Lipinski definition) is 2. The molecule has 90 valence electrons. The quantitative estimate of drug-likeness (QED) is 0.830. The van der Waals surface area contributed by atoms with Crippen molar-refractivity contribution in [1.82, 2.24) is 25.0 Å². The molecule has 0 atom stereocenters. The van der Waals surface area contributed by atoms with Gasteiger partial charge in [0.1, 0.15) is 0 Å². The second-order valence-electron chi connectivity index (χ2n) is 2.96. The third-order valence-corrected chi connectivity index (χ3v) is 3.06. The zero-order valence-electron chi connectivity index (χ0n) is 8.88. The molecule has 2 aromatic heterocycles. The van der Waals surface area contributed by atoms with E-state index in [4.69, 9.17) is 0 Å². The molecular formula is C7H9N7OS2. The van der Waals surface area contributed by atoms with Gasteiger partial charge in [-0.2, -0.15) is 0 Å². The summed E-state index contributed by atoms with van der Waals surface area (Å²) in [5.41, 5.74) is 0. The van der Waals surface area contributed by atoms with Crippen molar-refractivity contribution < 1.29 is 4.79 Å². The summed E-state index contributed by atoms with van der Waals surface area (Å²) in [5.74, 6) is -0.356. The largest absolute Gasteiger partial charge is 0.360 e. The summed E-state index contributed by atoms with van der Waals surface area (Å²) in [5, 5.41) is 21.4. The summed E-state index contributed by atoms with van der Waals surface area (Å²) in [4.78, 5) is 11.7. The summed E-state index contributed by atoms with van der Waals surface area (Å²) >= 11 is 2.20. The zero-order chi connectivity index (χ0) is 12.1. The Kier molecular flexibility index (Phi) is 3.88. The van der Waals surface area contributed by atoms with E-state index in [2.05, 4.69) is 35.6 Å². The van der Waals surface area contributed by atoms with Gasteiger partial charge in [-0.3, -0.25) is 10.1 Å². The van der Waals surface area contributed by atoms with Gasteiger partial charge in [0.15, 0.2) is 0 Å². The number of carbonyl (C=O) groups excluding carboxylic acids is 1. The molecular weight excluding hydrogens is 262 g/mol. The van der Waals surface area contributed by atoms with Crippen molar-refractivity contribution in [2.75, 3.05) is 17.2 Å². The maximum absolute atomic E-state index is 11.7. The van der Waals surface area contributed by atoms with Crippen molar-refractivity contribution in [3.05, 3.63) is 5.01 Å². The highest BCUT2D eigenvalue weighted by Gasteiger charge is 2.14. The molecule has 2 N–H and O–H groups in total. The van der Waals surface area contributed by atoms with Gasteiger partial charge in [-0.1, -0.05) is 27.8 Å². The number of rotatable bonds is 5. The van der Waals surface area contributed by atoms with Gasteiger partial charge in [0, 0.05) is 18.1 Å². The Balaban J connectivity index is 1.97. The fourth-order valence-corrected chi connectivity index (χ4v) is 1.98. The predicted octanol–water partition coefficient (Wildman–Crippen LogP) is 0.859. The average molecular weight is 271 g/mol. The van der Waals surface area contributed by atoms with E-state index in [0.29, 0.717) is 10.3 Å². The minimum Gasteiger partial charge on any atom is -0.360 e. The SMILES string of the molecule is CCCNc1nnc(C(=O)Nc2nnns2)s1. The molecule has 0 spiro atoms. The zero-order valence-corrected chi connectivity index (χ0v) is 10.5.